The fraction of sp³-hybridized carbons (Fsp3) is 0.429. The second kappa shape index (κ2) is 9.41. The highest BCUT2D eigenvalue weighted by Gasteiger charge is 2.26. The molecular weight excluding hydrogens is 321 g/mol. The average molecular weight is 351 g/mol. The van der Waals surface area contributed by atoms with Crippen LogP contribution in [0.4, 0.5) is 11.4 Å². The van der Waals surface area contributed by atoms with Gasteiger partial charge in [0.25, 0.3) is 0 Å². The molecule has 1 aliphatic heterocycles. The minimum atomic E-state index is -0.786. The molecule has 3 nitrogen and oxygen atoms in total. The van der Waals surface area contributed by atoms with E-state index in [1.54, 1.807) is 0 Å². The van der Waals surface area contributed by atoms with E-state index in [4.69, 9.17) is 0 Å². The van der Waals surface area contributed by atoms with Gasteiger partial charge in [-0.1, -0.05) is 47.0 Å². The molecule has 0 aliphatic carbocycles. The zero-order chi connectivity index (χ0) is 17.5. The van der Waals surface area contributed by atoms with Gasteiger partial charge in [-0.05, 0) is 57.9 Å². The van der Waals surface area contributed by atoms with Crippen LogP contribution in [0.25, 0.3) is 0 Å². The first-order valence-corrected chi connectivity index (χ1v) is 11.7. The summed E-state index contributed by atoms with van der Waals surface area (Å²) in [5, 5.41) is 2.82. The van der Waals surface area contributed by atoms with Crippen LogP contribution in [0, 0.1) is 0 Å². The Kier molecular flexibility index (Phi) is 6.95. The predicted molar refractivity (Wildman–Crippen MR) is 110 cm³/mol. The third-order valence-electron chi connectivity index (χ3n) is 5.36. The predicted octanol–water partition coefficient (Wildman–Crippen LogP) is 4.08. The van der Waals surface area contributed by atoms with Gasteiger partial charge in [-0.25, -0.2) is 0 Å². The molecule has 1 heterocycles. The molecule has 0 aromatic heterocycles. The Balaban J connectivity index is 1.63. The Hall–Kier alpha value is -1.31. The minimum Gasteiger partial charge on any atom is -0.386 e. The van der Waals surface area contributed by atoms with Gasteiger partial charge in [0, 0.05) is 24.5 Å². The van der Waals surface area contributed by atoms with Gasteiger partial charge in [-0.3, -0.25) is 0 Å². The van der Waals surface area contributed by atoms with Crippen molar-refractivity contribution in [3.63, 3.8) is 0 Å². The van der Waals surface area contributed by atoms with E-state index in [0.717, 1.165) is 6.54 Å². The monoisotopic (exact) mass is 351 g/mol. The first-order valence-electron chi connectivity index (χ1n) is 9.50. The van der Waals surface area contributed by atoms with Gasteiger partial charge >= 0.3 is 14.4 Å². The Morgan fingerprint density at radius 3 is 2.04 bits per heavy atom. The van der Waals surface area contributed by atoms with Gasteiger partial charge in [-0.2, -0.15) is 0 Å². The average Bonchev–Trinajstić information content (AvgIpc) is 2.82. The molecule has 0 spiro atoms. The fourth-order valence-electron chi connectivity index (χ4n) is 3.69. The third-order valence-corrected chi connectivity index (χ3v) is 8.86. The number of para-hydroxylation sites is 2. The quantitative estimate of drug-likeness (QED) is 0.726. The maximum absolute atomic E-state index is 2.69. The molecule has 1 saturated heterocycles. The maximum atomic E-state index is 2.69. The molecule has 132 valence electrons. The van der Waals surface area contributed by atoms with E-state index in [9.17, 15) is 0 Å². The Morgan fingerprint density at radius 1 is 0.840 bits per heavy atom. The molecular formula is C21H30AlN3. The smallest absolute Gasteiger partial charge is 0.373 e. The lowest BCUT2D eigenvalue weighted by molar-refractivity contribution is 0.341. The van der Waals surface area contributed by atoms with Crippen LogP contribution in [0.5, 0.6) is 0 Å². The highest BCUT2D eigenvalue weighted by molar-refractivity contribution is 6.55. The summed E-state index contributed by atoms with van der Waals surface area (Å²) in [5.74, 6) is 0. The largest absolute Gasteiger partial charge is 0.386 e. The van der Waals surface area contributed by atoms with Crippen LogP contribution in [0.1, 0.15) is 6.42 Å². The van der Waals surface area contributed by atoms with Gasteiger partial charge in [0.15, 0.2) is 0 Å². The lowest BCUT2D eigenvalue weighted by atomic mass is 10.2. The van der Waals surface area contributed by atoms with E-state index in [1.807, 2.05) is 0 Å². The first kappa shape index (κ1) is 18.5. The minimum absolute atomic E-state index is 0.786. The second-order valence-corrected chi connectivity index (χ2v) is 10.5. The van der Waals surface area contributed by atoms with Crippen molar-refractivity contribution in [3.05, 3.63) is 60.7 Å². The molecule has 0 amide bonds. The first-order chi connectivity index (χ1) is 12.2. The summed E-state index contributed by atoms with van der Waals surface area (Å²) < 4.78 is 2.69. The highest BCUT2D eigenvalue weighted by Crippen LogP contribution is 2.25. The summed E-state index contributed by atoms with van der Waals surface area (Å²) in [6.07, 6.45) is 1.27. The summed E-state index contributed by atoms with van der Waals surface area (Å²) >= 11 is -0.786. The van der Waals surface area contributed by atoms with Crippen LogP contribution in [0.2, 0.25) is 10.6 Å². The number of likely N-dealkylation sites (N-methyl/N-ethyl adjacent to an activating group) is 2. The summed E-state index contributed by atoms with van der Waals surface area (Å²) in [6, 6.07) is 21.6. The molecule has 4 heteroatoms. The summed E-state index contributed by atoms with van der Waals surface area (Å²) in [4.78, 5) is 4.96. The van der Waals surface area contributed by atoms with E-state index in [1.165, 1.54) is 48.0 Å². The van der Waals surface area contributed by atoms with Crippen LogP contribution in [-0.4, -0.2) is 63.4 Å². The number of nitrogens with zero attached hydrogens (tertiary/aromatic N) is 3. The van der Waals surface area contributed by atoms with Gasteiger partial charge in [0.05, 0.1) is 0 Å². The van der Waals surface area contributed by atoms with Gasteiger partial charge in [0.2, 0.25) is 0 Å². The van der Waals surface area contributed by atoms with Crippen LogP contribution in [0.15, 0.2) is 60.7 Å². The van der Waals surface area contributed by atoms with Crippen molar-refractivity contribution in [2.24, 2.45) is 0 Å². The third kappa shape index (κ3) is 5.33. The Morgan fingerprint density at radius 2 is 1.44 bits per heavy atom. The summed E-state index contributed by atoms with van der Waals surface area (Å²) in [6.45, 7) is 4.85. The normalized spacial score (nSPS) is 16.6. The topological polar surface area (TPSA) is 9.72 Å². The summed E-state index contributed by atoms with van der Waals surface area (Å²) in [7, 11) is 4.61. The van der Waals surface area contributed by atoms with Crippen molar-refractivity contribution in [2.45, 2.75) is 17.0 Å². The van der Waals surface area contributed by atoms with Crippen molar-refractivity contribution in [2.75, 3.05) is 45.2 Å². The van der Waals surface area contributed by atoms with Crippen LogP contribution >= 0.6 is 0 Å². The number of anilines is 2. The van der Waals surface area contributed by atoms with Crippen LogP contribution in [0.3, 0.4) is 0 Å². The Bertz CT molecular complexity index is 580. The number of benzene rings is 2. The molecule has 0 atom stereocenters. The molecule has 3 rings (SSSR count). The van der Waals surface area contributed by atoms with E-state index < -0.39 is 14.4 Å². The molecule has 1 aliphatic rings. The van der Waals surface area contributed by atoms with Crippen molar-refractivity contribution in [1.29, 1.82) is 0 Å². The van der Waals surface area contributed by atoms with Crippen molar-refractivity contribution in [3.8, 4) is 0 Å². The van der Waals surface area contributed by atoms with Crippen molar-refractivity contribution >= 4 is 25.7 Å². The zero-order valence-corrected chi connectivity index (χ0v) is 16.8. The Labute approximate surface area is 157 Å². The van der Waals surface area contributed by atoms with Crippen molar-refractivity contribution < 1.29 is 0 Å². The van der Waals surface area contributed by atoms with E-state index in [-0.39, 0.29) is 0 Å². The molecule has 0 N–H and O–H groups in total. The van der Waals surface area contributed by atoms with Crippen LogP contribution in [-0.2, 0) is 0 Å². The lowest BCUT2D eigenvalue weighted by Crippen LogP contribution is -2.37. The number of rotatable bonds is 6. The molecule has 0 radical (unpaired) electrons. The van der Waals surface area contributed by atoms with Gasteiger partial charge in [-0.15, -0.1) is 0 Å². The van der Waals surface area contributed by atoms with E-state index >= 15 is 0 Å². The fourth-order valence-corrected chi connectivity index (χ4v) is 6.73. The standard InChI is InChI=1S/C15H16N.C6H14N2.Al/c1-2-13-16(14-9-5-3-6-10-14)15-11-7-4-8-12-15;1-4-8(3)6-5-7-2;/h3-12H,1-2,13H2;1,4-6H2,2-3H3;/q;-1;+1. The maximum Gasteiger partial charge on any atom is 0.373 e. The number of hydrogen-bond donors (Lipinski definition) is 0. The van der Waals surface area contributed by atoms with Crippen LogP contribution < -0.4 is 4.90 Å². The molecule has 0 saturated carbocycles. The van der Waals surface area contributed by atoms with E-state index in [0.29, 0.717) is 0 Å². The molecule has 2 aromatic carbocycles. The molecule has 1 fully saturated rings. The number of hydrogen-bond acceptors (Lipinski definition) is 3. The van der Waals surface area contributed by atoms with E-state index in [2.05, 4.69) is 88.4 Å². The van der Waals surface area contributed by atoms with Crippen molar-refractivity contribution in [1.82, 2.24) is 8.78 Å². The second-order valence-electron chi connectivity index (χ2n) is 7.19. The van der Waals surface area contributed by atoms with Gasteiger partial charge < -0.3 is 13.7 Å². The molecule has 2 aromatic rings. The highest BCUT2D eigenvalue weighted by atomic mass is 27.2. The zero-order valence-electron chi connectivity index (χ0n) is 15.6. The summed E-state index contributed by atoms with van der Waals surface area (Å²) in [5.41, 5.74) is 2.59. The molecule has 25 heavy (non-hydrogen) atoms. The lowest BCUT2D eigenvalue weighted by Gasteiger charge is -2.26. The molecule has 0 unspecified atom stereocenters. The van der Waals surface area contributed by atoms with Gasteiger partial charge in [0.1, 0.15) is 0 Å². The molecule has 0 bridgehead atoms. The SMILES string of the molecule is CN1CC[N](C)[Al]([CH2]CCN(c2ccccc2)c2ccccc2)[CH2]C1.